The monoisotopic (exact) mass is 266 g/mol. The van der Waals surface area contributed by atoms with Crippen molar-refractivity contribution in [2.24, 2.45) is 0 Å². The van der Waals surface area contributed by atoms with Crippen LogP contribution in [0.3, 0.4) is 0 Å². The molecule has 1 heterocycles. The van der Waals surface area contributed by atoms with Crippen molar-refractivity contribution in [3.05, 3.63) is 47.2 Å². The average Bonchev–Trinajstić information content (AvgIpc) is 2.79. The molecule has 5 heteroatoms. The number of nitrogens with zero attached hydrogens (tertiary/aromatic N) is 2. The van der Waals surface area contributed by atoms with Gasteiger partial charge in [0.15, 0.2) is 0 Å². The first-order chi connectivity index (χ1) is 8.65. The zero-order chi connectivity index (χ0) is 13.5. The van der Waals surface area contributed by atoms with E-state index in [1.807, 2.05) is 26.0 Å². The first kappa shape index (κ1) is 14.3. The lowest BCUT2D eigenvalue weighted by Gasteiger charge is -2.00. The molecular weight excluding hydrogens is 252 g/mol. The van der Waals surface area contributed by atoms with Gasteiger partial charge in [0.2, 0.25) is 0 Å². The summed E-state index contributed by atoms with van der Waals surface area (Å²) in [6, 6.07) is 7.20. The predicted octanol–water partition coefficient (Wildman–Crippen LogP) is 3.18. The molecule has 2 rings (SSSR count). The van der Waals surface area contributed by atoms with Crippen molar-refractivity contribution in [2.75, 3.05) is 0 Å². The molecule has 0 amide bonds. The lowest BCUT2D eigenvalue weighted by molar-refractivity contribution is -0.136. The zero-order valence-corrected chi connectivity index (χ0v) is 11.1. The second-order valence-corrected chi connectivity index (χ2v) is 3.78. The fourth-order valence-electron chi connectivity index (χ4n) is 1.39. The quantitative estimate of drug-likeness (QED) is 0.928. The van der Waals surface area contributed by atoms with E-state index in [1.165, 1.54) is 6.20 Å². The summed E-state index contributed by atoms with van der Waals surface area (Å²) in [5, 5.41) is 13.3. The van der Waals surface area contributed by atoms with Crippen molar-refractivity contribution < 1.29 is 9.90 Å². The third kappa shape index (κ3) is 3.89. The Morgan fingerprint density at radius 1 is 1.44 bits per heavy atom. The highest BCUT2D eigenvalue weighted by molar-refractivity contribution is 6.30. The lowest BCUT2D eigenvalue weighted by atomic mass is 10.2. The van der Waals surface area contributed by atoms with Gasteiger partial charge >= 0.3 is 5.97 Å². The van der Waals surface area contributed by atoms with E-state index in [2.05, 4.69) is 5.10 Å². The first-order valence-electron chi connectivity index (χ1n) is 5.66. The highest BCUT2D eigenvalue weighted by atomic mass is 35.5. The molecule has 0 unspecified atom stereocenters. The van der Waals surface area contributed by atoms with E-state index < -0.39 is 5.97 Å². The Kier molecular flexibility index (Phi) is 5.39. The molecule has 0 saturated carbocycles. The standard InChI is InChI=1S/C11H9ClN2O2.C2H6/c12-9-2-1-3-10(5-9)14-7-8(6-13-14)4-11(15)16;1-2/h1-3,5-7H,4H2,(H,15,16);1-2H3. The van der Waals surface area contributed by atoms with Crippen LogP contribution in [0.25, 0.3) is 5.69 Å². The lowest BCUT2D eigenvalue weighted by Crippen LogP contribution is -1.98. The van der Waals surface area contributed by atoms with Gasteiger partial charge in [0.25, 0.3) is 0 Å². The van der Waals surface area contributed by atoms with Crippen molar-refractivity contribution in [1.29, 1.82) is 0 Å². The summed E-state index contributed by atoms with van der Waals surface area (Å²) in [6.45, 7) is 4.00. The van der Waals surface area contributed by atoms with Crippen molar-refractivity contribution >= 4 is 17.6 Å². The van der Waals surface area contributed by atoms with Crippen LogP contribution in [0, 0.1) is 0 Å². The summed E-state index contributed by atoms with van der Waals surface area (Å²) < 4.78 is 1.60. The van der Waals surface area contributed by atoms with Gasteiger partial charge in [0, 0.05) is 16.8 Å². The SMILES string of the molecule is CC.O=C(O)Cc1cnn(-c2cccc(Cl)c2)c1. The van der Waals surface area contributed by atoms with E-state index in [0.29, 0.717) is 10.6 Å². The molecule has 1 aromatic heterocycles. The van der Waals surface area contributed by atoms with Crippen LogP contribution in [0.4, 0.5) is 0 Å². The third-order valence-electron chi connectivity index (χ3n) is 2.06. The molecule has 0 spiro atoms. The minimum absolute atomic E-state index is 0.0272. The van der Waals surface area contributed by atoms with E-state index in [0.717, 1.165) is 5.69 Å². The largest absolute Gasteiger partial charge is 0.481 e. The Morgan fingerprint density at radius 2 is 2.17 bits per heavy atom. The van der Waals surface area contributed by atoms with Gasteiger partial charge in [-0.25, -0.2) is 4.68 Å². The maximum atomic E-state index is 10.5. The topological polar surface area (TPSA) is 55.1 Å². The number of hydrogen-bond acceptors (Lipinski definition) is 2. The Balaban J connectivity index is 0.000000771. The van der Waals surface area contributed by atoms with E-state index >= 15 is 0 Å². The summed E-state index contributed by atoms with van der Waals surface area (Å²) in [5.74, 6) is -0.870. The van der Waals surface area contributed by atoms with Gasteiger partial charge in [0.05, 0.1) is 18.3 Å². The number of carboxylic acids is 1. The number of aliphatic carboxylic acids is 1. The van der Waals surface area contributed by atoms with Crippen LogP contribution in [0.15, 0.2) is 36.7 Å². The summed E-state index contributed by atoms with van der Waals surface area (Å²) in [5.41, 5.74) is 1.47. The molecule has 0 aliphatic heterocycles. The molecule has 4 nitrogen and oxygen atoms in total. The fraction of sp³-hybridized carbons (Fsp3) is 0.231. The third-order valence-corrected chi connectivity index (χ3v) is 2.30. The van der Waals surface area contributed by atoms with Crippen molar-refractivity contribution in [2.45, 2.75) is 20.3 Å². The van der Waals surface area contributed by atoms with Crippen molar-refractivity contribution in [3.8, 4) is 5.69 Å². The molecule has 0 saturated heterocycles. The van der Waals surface area contributed by atoms with E-state index in [9.17, 15) is 4.79 Å². The molecule has 96 valence electrons. The first-order valence-corrected chi connectivity index (χ1v) is 6.04. The van der Waals surface area contributed by atoms with Crippen molar-refractivity contribution in [3.63, 3.8) is 0 Å². The summed E-state index contributed by atoms with van der Waals surface area (Å²) in [6.07, 6.45) is 3.19. The Hall–Kier alpha value is -1.81. The van der Waals surface area contributed by atoms with Gasteiger partial charge in [-0.1, -0.05) is 31.5 Å². The number of halogens is 1. The van der Waals surface area contributed by atoms with Gasteiger partial charge in [0.1, 0.15) is 0 Å². The highest BCUT2D eigenvalue weighted by Gasteiger charge is 2.04. The minimum atomic E-state index is -0.870. The van der Waals surface area contributed by atoms with E-state index in [-0.39, 0.29) is 6.42 Å². The molecule has 2 aromatic rings. The summed E-state index contributed by atoms with van der Waals surface area (Å²) in [7, 11) is 0. The number of hydrogen-bond donors (Lipinski definition) is 1. The Labute approximate surface area is 111 Å². The Morgan fingerprint density at radius 3 is 2.78 bits per heavy atom. The van der Waals surface area contributed by atoms with Crippen LogP contribution in [-0.4, -0.2) is 20.9 Å². The predicted molar refractivity (Wildman–Crippen MR) is 71.3 cm³/mol. The zero-order valence-electron chi connectivity index (χ0n) is 10.3. The van der Waals surface area contributed by atoms with Crippen LogP contribution in [0.1, 0.15) is 19.4 Å². The molecule has 0 aliphatic carbocycles. The molecule has 18 heavy (non-hydrogen) atoms. The second-order valence-electron chi connectivity index (χ2n) is 3.34. The normalized spacial score (nSPS) is 9.50. The van der Waals surface area contributed by atoms with Gasteiger partial charge in [-0.3, -0.25) is 4.79 Å². The second kappa shape index (κ2) is 6.81. The highest BCUT2D eigenvalue weighted by Crippen LogP contribution is 2.14. The molecule has 1 N–H and O–H groups in total. The summed E-state index contributed by atoms with van der Waals surface area (Å²) >= 11 is 5.85. The maximum absolute atomic E-state index is 10.5. The number of carbonyl (C=O) groups is 1. The van der Waals surface area contributed by atoms with Crippen LogP contribution in [0.5, 0.6) is 0 Å². The molecule has 0 aliphatic rings. The maximum Gasteiger partial charge on any atom is 0.307 e. The van der Waals surface area contributed by atoms with Crippen LogP contribution >= 0.6 is 11.6 Å². The van der Waals surface area contributed by atoms with E-state index in [1.54, 1.807) is 23.0 Å². The Bertz CT molecular complexity index is 523. The van der Waals surface area contributed by atoms with Gasteiger partial charge < -0.3 is 5.11 Å². The number of aromatic nitrogens is 2. The minimum Gasteiger partial charge on any atom is -0.481 e. The number of benzene rings is 1. The smallest absolute Gasteiger partial charge is 0.307 e. The summed E-state index contributed by atoms with van der Waals surface area (Å²) in [4.78, 5) is 10.5. The molecule has 0 bridgehead atoms. The van der Waals surface area contributed by atoms with E-state index in [4.69, 9.17) is 16.7 Å². The van der Waals surface area contributed by atoms with Gasteiger partial charge in [-0.15, -0.1) is 0 Å². The van der Waals surface area contributed by atoms with Gasteiger partial charge in [-0.05, 0) is 18.2 Å². The van der Waals surface area contributed by atoms with Crippen molar-refractivity contribution in [1.82, 2.24) is 9.78 Å². The number of rotatable bonds is 3. The molecule has 0 fully saturated rings. The molecule has 0 radical (unpaired) electrons. The molecular formula is C13H15ClN2O2. The van der Waals surface area contributed by atoms with Crippen LogP contribution in [0.2, 0.25) is 5.02 Å². The number of carboxylic acid groups (broad SMARTS) is 1. The molecule has 1 aromatic carbocycles. The van der Waals surface area contributed by atoms with Crippen LogP contribution in [-0.2, 0) is 11.2 Å². The molecule has 0 atom stereocenters. The van der Waals surface area contributed by atoms with Gasteiger partial charge in [-0.2, -0.15) is 5.10 Å². The fourth-order valence-corrected chi connectivity index (χ4v) is 1.57. The average molecular weight is 267 g/mol. The van der Waals surface area contributed by atoms with Crippen LogP contribution < -0.4 is 0 Å².